The molecule has 0 spiro atoms. The lowest BCUT2D eigenvalue weighted by atomic mass is 9.84. The highest BCUT2D eigenvalue weighted by Gasteiger charge is 2.38. The number of aliphatic hydroxyl groups excluding tert-OH is 1. The number of hydrogen-bond acceptors (Lipinski definition) is 5. The molecular weight excluding hydrogens is 226 g/mol. The van der Waals surface area contributed by atoms with Gasteiger partial charge in [0, 0.05) is 16.4 Å². The third kappa shape index (κ3) is 2.03. The molecule has 6 heteroatoms. The number of nitrogens with zero attached hydrogens (tertiary/aromatic N) is 1. The predicted molar refractivity (Wildman–Crippen MR) is 58.5 cm³/mol. The largest absolute Gasteiger partial charge is 0.504 e. The Kier molecular flexibility index (Phi) is 2.89. The zero-order valence-electron chi connectivity index (χ0n) is 9.24. The first-order valence-corrected chi connectivity index (χ1v) is 5.29. The maximum atomic E-state index is 10.6. The molecule has 1 aromatic carbocycles. The van der Waals surface area contributed by atoms with Crippen molar-refractivity contribution in [2.24, 2.45) is 5.92 Å². The van der Waals surface area contributed by atoms with Gasteiger partial charge in [-0.1, -0.05) is 19.1 Å². The third-order valence-electron chi connectivity index (χ3n) is 3.09. The molecule has 0 bridgehead atoms. The first kappa shape index (κ1) is 11.7. The minimum atomic E-state index is -1.14. The van der Waals surface area contributed by atoms with Gasteiger partial charge in [-0.3, -0.25) is 10.1 Å². The summed E-state index contributed by atoms with van der Waals surface area (Å²) in [6.07, 6.45) is -1.14. The zero-order chi connectivity index (χ0) is 12.6. The Morgan fingerprint density at radius 2 is 2.24 bits per heavy atom. The highest BCUT2D eigenvalue weighted by molar-refractivity contribution is 5.49. The molecule has 2 N–H and O–H groups in total. The number of nitro groups is 1. The quantitative estimate of drug-likeness (QED) is 0.595. The molecule has 1 aromatic rings. The topological polar surface area (TPSA) is 92.8 Å². The van der Waals surface area contributed by atoms with E-state index in [0.717, 1.165) is 0 Å². The van der Waals surface area contributed by atoms with E-state index in [4.69, 9.17) is 4.74 Å². The summed E-state index contributed by atoms with van der Waals surface area (Å²) in [5.41, 5.74) is 0.569. The number of aromatic hydroxyl groups is 1. The summed E-state index contributed by atoms with van der Waals surface area (Å²) in [6, 6.07) is 4.70. The number of benzene rings is 1. The maximum Gasteiger partial charge on any atom is 0.211 e. The predicted octanol–water partition coefficient (Wildman–Crippen LogP) is 1.10. The molecule has 1 aliphatic heterocycles. The smallest absolute Gasteiger partial charge is 0.211 e. The number of rotatable bonds is 2. The number of phenolic OH excluding ortho intramolecular Hbond substituents is 1. The molecule has 1 unspecified atom stereocenters. The molecule has 0 aromatic heterocycles. The van der Waals surface area contributed by atoms with E-state index in [1.54, 1.807) is 19.1 Å². The summed E-state index contributed by atoms with van der Waals surface area (Å²) in [4.78, 5) is 10.2. The zero-order valence-corrected chi connectivity index (χ0v) is 9.24. The van der Waals surface area contributed by atoms with Crippen LogP contribution in [-0.4, -0.2) is 28.0 Å². The number of fused-ring (bicyclic) bond motifs is 1. The van der Waals surface area contributed by atoms with Crippen LogP contribution in [0.1, 0.15) is 18.4 Å². The minimum Gasteiger partial charge on any atom is -0.504 e. The molecule has 17 heavy (non-hydrogen) atoms. The van der Waals surface area contributed by atoms with Gasteiger partial charge >= 0.3 is 0 Å². The summed E-state index contributed by atoms with van der Waals surface area (Å²) in [6.45, 7) is 1.39. The van der Waals surface area contributed by atoms with Gasteiger partial charge in [-0.05, 0) is 6.07 Å². The molecule has 0 amide bonds. The van der Waals surface area contributed by atoms with E-state index in [2.05, 4.69) is 0 Å². The second kappa shape index (κ2) is 4.21. The van der Waals surface area contributed by atoms with E-state index in [1.165, 1.54) is 6.07 Å². The van der Waals surface area contributed by atoms with Crippen molar-refractivity contribution in [3.63, 3.8) is 0 Å². The normalized spacial score (nSPS) is 27.1. The Morgan fingerprint density at radius 3 is 2.88 bits per heavy atom. The van der Waals surface area contributed by atoms with Gasteiger partial charge in [0.2, 0.25) is 12.8 Å². The van der Waals surface area contributed by atoms with Gasteiger partial charge in [0.25, 0.3) is 0 Å². The molecule has 3 atom stereocenters. The highest BCUT2D eigenvalue weighted by Crippen LogP contribution is 2.43. The molecule has 0 aliphatic carbocycles. The molecule has 0 saturated heterocycles. The van der Waals surface area contributed by atoms with Crippen LogP contribution in [0.3, 0.4) is 0 Å². The van der Waals surface area contributed by atoms with Crippen molar-refractivity contribution in [3.8, 4) is 11.5 Å². The Labute approximate surface area is 97.6 Å². The fourth-order valence-electron chi connectivity index (χ4n) is 2.10. The Bertz CT molecular complexity index is 447. The van der Waals surface area contributed by atoms with E-state index in [1.807, 2.05) is 0 Å². The number of para-hydroxylation sites is 1. The van der Waals surface area contributed by atoms with Crippen LogP contribution in [0.25, 0.3) is 0 Å². The minimum absolute atomic E-state index is 0.109. The Hall–Kier alpha value is -1.82. The van der Waals surface area contributed by atoms with Gasteiger partial charge in [0.1, 0.15) is 0 Å². The summed E-state index contributed by atoms with van der Waals surface area (Å²) >= 11 is 0. The van der Waals surface area contributed by atoms with Crippen molar-refractivity contribution in [1.82, 2.24) is 0 Å². The van der Waals surface area contributed by atoms with Crippen LogP contribution in [0.4, 0.5) is 0 Å². The molecule has 0 saturated carbocycles. The van der Waals surface area contributed by atoms with Crippen LogP contribution in [0.2, 0.25) is 0 Å². The number of aliphatic hydroxyl groups is 1. The maximum absolute atomic E-state index is 10.6. The molecule has 1 aliphatic rings. The SMILES string of the molecule is C[C@@H]1C(O)Oc2c(O)cccc2[C@@H]1C[N+](=O)[O-]. The first-order valence-electron chi connectivity index (χ1n) is 5.29. The van der Waals surface area contributed by atoms with Crippen molar-refractivity contribution in [1.29, 1.82) is 0 Å². The second-order valence-corrected chi connectivity index (χ2v) is 4.18. The fourth-order valence-corrected chi connectivity index (χ4v) is 2.10. The summed E-state index contributed by atoms with van der Waals surface area (Å²) < 4.78 is 5.17. The fraction of sp³-hybridized carbons (Fsp3) is 0.455. The molecule has 2 rings (SSSR count). The molecule has 92 valence electrons. The van der Waals surface area contributed by atoms with E-state index in [9.17, 15) is 20.3 Å². The molecule has 0 fully saturated rings. The lowest BCUT2D eigenvalue weighted by Crippen LogP contribution is -2.36. The molecule has 1 heterocycles. The average molecular weight is 239 g/mol. The van der Waals surface area contributed by atoms with E-state index >= 15 is 0 Å². The summed E-state index contributed by atoms with van der Waals surface area (Å²) in [5.74, 6) is -0.822. The van der Waals surface area contributed by atoms with Crippen LogP contribution in [0, 0.1) is 16.0 Å². The van der Waals surface area contributed by atoms with E-state index < -0.39 is 23.0 Å². The lowest BCUT2D eigenvalue weighted by molar-refractivity contribution is -0.486. The summed E-state index contributed by atoms with van der Waals surface area (Å²) in [7, 11) is 0. The number of hydrogen-bond donors (Lipinski definition) is 2. The van der Waals surface area contributed by atoms with Gasteiger partial charge in [-0.15, -0.1) is 0 Å². The Balaban J connectivity index is 2.45. The van der Waals surface area contributed by atoms with Crippen LogP contribution in [0.15, 0.2) is 18.2 Å². The standard InChI is InChI=1S/C11H13NO5/c1-6-8(5-12(15)16)7-3-2-4-9(13)10(7)17-11(6)14/h2-4,6,8,11,13-14H,5H2,1H3/t6-,8+,11?/m0/s1. The van der Waals surface area contributed by atoms with Crippen molar-refractivity contribution in [3.05, 3.63) is 33.9 Å². The number of phenols is 1. The molecular formula is C11H13NO5. The van der Waals surface area contributed by atoms with Crippen molar-refractivity contribution >= 4 is 0 Å². The highest BCUT2D eigenvalue weighted by atomic mass is 16.6. The van der Waals surface area contributed by atoms with Crippen molar-refractivity contribution in [2.75, 3.05) is 6.54 Å². The summed E-state index contributed by atoms with van der Waals surface area (Å²) in [5, 5.41) is 29.9. The molecule has 0 radical (unpaired) electrons. The van der Waals surface area contributed by atoms with Crippen LogP contribution < -0.4 is 4.74 Å². The average Bonchev–Trinajstić information content (AvgIpc) is 2.26. The van der Waals surface area contributed by atoms with Gasteiger partial charge in [-0.2, -0.15) is 0 Å². The second-order valence-electron chi connectivity index (χ2n) is 4.18. The van der Waals surface area contributed by atoms with Gasteiger partial charge in [0.15, 0.2) is 11.5 Å². The Morgan fingerprint density at radius 1 is 1.53 bits per heavy atom. The van der Waals surface area contributed by atoms with Gasteiger partial charge < -0.3 is 14.9 Å². The van der Waals surface area contributed by atoms with Crippen LogP contribution in [0.5, 0.6) is 11.5 Å². The van der Waals surface area contributed by atoms with Gasteiger partial charge in [0.05, 0.1) is 5.92 Å². The third-order valence-corrected chi connectivity index (χ3v) is 3.09. The van der Waals surface area contributed by atoms with E-state index in [-0.39, 0.29) is 18.0 Å². The van der Waals surface area contributed by atoms with Gasteiger partial charge in [-0.25, -0.2) is 0 Å². The lowest BCUT2D eigenvalue weighted by Gasteiger charge is -2.33. The van der Waals surface area contributed by atoms with Crippen molar-refractivity contribution in [2.45, 2.75) is 19.1 Å². The van der Waals surface area contributed by atoms with Crippen molar-refractivity contribution < 1.29 is 19.9 Å². The first-order chi connectivity index (χ1) is 8.00. The monoisotopic (exact) mass is 239 g/mol. The number of ether oxygens (including phenoxy) is 1. The van der Waals surface area contributed by atoms with Crippen LogP contribution >= 0.6 is 0 Å². The van der Waals surface area contributed by atoms with E-state index in [0.29, 0.717) is 5.56 Å². The molecule has 6 nitrogen and oxygen atoms in total. The van der Waals surface area contributed by atoms with Crippen LogP contribution in [-0.2, 0) is 0 Å².